The maximum Gasteiger partial charge on any atom is 0.175 e. The van der Waals surface area contributed by atoms with Crippen LogP contribution >= 0.6 is 11.6 Å². The number of aromatic nitrogens is 3. The first-order valence-electron chi connectivity index (χ1n) is 8.74. The van der Waals surface area contributed by atoms with Crippen LogP contribution in [0.4, 0.5) is 5.82 Å². The molecule has 0 unspecified atom stereocenters. The summed E-state index contributed by atoms with van der Waals surface area (Å²) in [7, 11) is -1.14. The fourth-order valence-electron chi connectivity index (χ4n) is 2.74. The second-order valence-electron chi connectivity index (χ2n) is 7.82. The molecule has 0 aromatic carbocycles. The molecule has 1 saturated carbocycles. The highest BCUT2D eigenvalue weighted by molar-refractivity contribution is 6.76. The summed E-state index contributed by atoms with van der Waals surface area (Å²) in [6.45, 7) is 7.95. The fraction of sp³-hybridized carbons (Fsp3) is 0.588. The average molecular weight is 381 g/mol. The summed E-state index contributed by atoms with van der Waals surface area (Å²) >= 11 is 6.08. The minimum atomic E-state index is -1.14. The van der Waals surface area contributed by atoms with Gasteiger partial charge in [-0.15, -0.1) is 0 Å². The molecule has 25 heavy (non-hydrogen) atoms. The van der Waals surface area contributed by atoms with Gasteiger partial charge in [0, 0.05) is 26.3 Å². The number of ether oxygens (including phenoxy) is 1. The number of nitrogens with one attached hydrogen (secondary N) is 1. The molecule has 8 heteroatoms. The van der Waals surface area contributed by atoms with Gasteiger partial charge in [0.05, 0.1) is 0 Å². The molecule has 2 aromatic rings. The van der Waals surface area contributed by atoms with Crippen molar-refractivity contribution in [1.82, 2.24) is 14.8 Å². The summed E-state index contributed by atoms with van der Waals surface area (Å²) in [4.78, 5) is 15.9. The Kier molecular flexibility index (Phi) is 5.45. The molecule has 0 atom stereocenters. The predicted molar refractivity (Wildman–Crippen MR) is 103 cm³/mol. The van der Waals surface area contributed by atoms with Crippen LogP contribution < -0.4 is 5.32 Å². The highest BCUT2D eigenvalue weighted by atomic mass is 35.5. The highest BCUT2D eigenvalue weighted by Gasteiger charge is 2.23. The number of nitrogens with zero attached hydrogens (tertiary/aromatic N) is 3. The number of carbonyl (C=O) groups excluding carboxylic acids is 1. The largest absolute Gasteiger partial charge is 0.364 e. The van der Waals surface area contributed by atoms with E-state index >= 15 is 0 Å². The van der Waals surface area contributed by atoms with Gasteiger partial charge in [-0.2, -0.15) is 5.10 Å². The van der Waals surface area contributed by atoms with Crippen molar-refractivity contribution < 1.29 is 9.53 Å². The molecular weight excluding hydrogens is 356 g/mol. The number of aldehydes is 1. The van der Waals surface area contributed by atoms with Gasteiger partial charge < -0.3 is 10.1 Å². The topological polar surface area (TPSA) is 69.0 Å². The van der Waals surface area contributed by atoms with E-state index in [0.29, 0.717) is 46.9 Å². The molecule has 1 aliphatic carbocycles. The normalized spacial score (nSPS) is 15.4. The van der Waals surface area contributed by atoms with E-state index in [9.17, 15) is 4.79 Å². The van der Waals surface area contributed by atoms with Gasteiger partial charge in [-0.05, 0) is 31.4 Å². The van der Waals surface area contributed by atoms with Crippen molar-refractivity contribution in [3.05, 3.63) is 16.8 Å². The lowest BCUT2D eigenvalue weighted by molar-refractivity contribution is 0.0817. The van der Waals surface area contributed by atoms with Gasteiger partial charge >= 0.3 is 0 Å². The Labute approximate surface area is 153 Å². The molecule has 1 fully saturated rings. The lowest BCUT2D eigenvalue weighted by Crippen LogP contribution is -2.27. The zero-order valence-corrected chi connectivity index (χ0v) is 16.8. The van der Waals surface area contributed by atoms with E-state index < -0.39 is 8.07 Å². The van der Waals surface area contributed by atoms with Crippen molar-refractivity contribution in [1.29, 1.82) is 0 Å². The molecule has 3 rings (SSSR count). The zero-order valence-electron chi connectivity index (χ0n) is 15.0. The second-order valence-corrected chi connectivity index (χ2v) is 13.8. The summed E-state index contributed by atoms with van der Waals surface area (Å²) in [6.07, 6.45) is 4.28. The molecule has 2 heterocycles. The lowest BCUT2D eigenvalue weighted by atomic mass is 9.93. The number of hydrogen-bond acceptors (Lipinski definition) is 5. The van der Waals surface area contributed by atoms with Crippen LogP contribution in [0.25, 0.3) is 11.0 Å². The van der Waals surface area contributed by atoms with Crippen molar-refractivity contribution in [3.63, 3.8) is 0 Å². The summed E-state index contributed by atoms with van der Waals surface area (Å²) < 4.78 is 7.54. The number of anilines is 1. The molecule has 1 aliphatic rings. The third kappa shape index (κ3) is 4.40. The maximum atomic E-state index is 11.5. The Morgan fingerprint density at radius 1 is 1.44 bits per heavy atom. The van der Waals surface area contributed by atoms with Crippen LogP contribution in [-0.4, -0.2) is 41.8 Å². The molecule has 136 valence electrons. The first-order chi connectivity index (χ1) is 11.9. The Balaban J connectivity index is 1.86. The van der Waals surface area contributed by atoms with E-state index in [1.54, 1.807) is 10.7 Å². The molecule has 1 N–H and O–H groups in total. The SMILES string of the molecule is C[Si](C)(C)CCOCn1nc(NC2CCC2)c2nc(Cl)cc(C=O)c21. The Morgan fingerprint density at radius 3 is 2.80 bits per heavy atom. The molecule has 0 bridgehead atoms. The third-order valence-electron chi connectivity index (χ3n) is 4.48. The highest BCUT2D eigenvalue weighted by Crippen LogP contribution is 2.30. The minimum absolute atomic E-state index is 0.297. The molecule has 6 nitrogen and oxygen atoms in total. The van der Waals surface area contributed by atoms with Gasteiger partial charge in [0.1, 0.15) is 22.9 Å². The summed E-state index contributed by atoms with van der Waals surface area (Å²) in [6, 6.07) is 3.08. The number of carbonyl (C=O) groups is 1. The van der Waals surface area contributed by atoms with E-state index in [1.807, 2.05) is 0 Å². The Bertz CT molecular complexity index is 768. The number of rotatable bonds is 8. The van der Waals surface area contributed by atoms with Gasteiger partial charge in [0.2, 0.25) is 0 Å². The molecule has 2 aromatic heterocycles. The standard InChI is InChI=1S/C17H25ClN4O2Si/c1-25(2,3)8-7-24-11-22-16-12(10-23)9-14(18)20-15(16)17(21-22)19-13-5-4-6-13/h9-10,13H,4-8,11H2,1-3H3,(H,19,21). The van der Waals surface area contributed by atoms with Crippen molar-refractivity contribution in [3.8, 4) is 0 Å². The van der Waals surface area contributed by atoms with Gasteiger partial charge in [0.25, 0.3) is 0 Å². The first kappa shape index (κ1) is 18.4. The Hall–Kier alpha value is -1.44. The van der Waals surface area contributed by atoms with Crippen molar-refractivity contribution in [2.45, 2.75) is 57.7 Å². The van der Waals surface area contributed by atoms with Crippen LogP contribution in [0.15, 0.2) is 6.07 Å². The Morgan fingerprint density at radius 2 is 2.20 bits per heavy atom. The minimum Gasteiger partial charge on any atom is -0.364 e. The van der Waals surface area contributed by atoms with Crippen molar-refractivity contribution in [2.75, 3.05) is 11.9 Å². The van der Waals surface area contributed by atoms with Crippen molar-refractivity contribution >= 4 is 42.8 Å². The summed E-state index contributed by atoms with van der Waals surface area (Å²) in [5.41, 5.74) is 1.79. The smallest absolute Gasteiger partial charge is 0.175 e. The molecule has 0 amide bonds. The quantitative estimate of drug-likeness (QED) is 0.322. The van der Waals surface area contributed by atoms with Crippen LogP contribution in [0.1, 0.15) is 29.6 Å². The molecule has 0 spiro atoms. The summed E-state index contributed by atoms with van der Waals surface area (Å²) in [5, 5.41) is 8.32. The fourth-order valence-corrected chi connectivity index (χ4v) is 3.69. The van der Waals surface area contributed by atoms with Crippen LogP contribution in [0.2, 0.25) is 30.8 Å². The van der Waals surface area contributed by atoms with Gasteiger partial charge in [-0.25, -0.2) is 9.67 Å². The van der Waals surface area contributed by atoms with Crippen molar-refractivity contribution in [2.24, 2.45) is 0 Å². The van der Waals surface area contributed by atoms with E-state index in [1.165, 1.54) is 6.42 Å². The van der Waals surface area contributed by atoms with Gasteiger partial charge in [-0.1, -0.05) is 31.2 Å². The van der Waals surface area contributed by atoms with Crippen LogP contribution in [0.5, 0.6) is 0 Å². The average Bonchev–Trinajstić information content (AvgIpc) is 2.83. The van der Waals surface area contributed by atoms with Crippen LogP contribution in [-0.2, 0) is 11.5 Å². The number of fused-ring (bicyclic) bond motifs is 1. The lowest BCUT2D eigenvalue weighted by Gasteiger charge is -2.26. The monoisotopic (exact) mass is 380 g/mol. The number of halogens is 1. The van der Waals surface area contributed by atoms with Gasteiger partial charge in [0.15, 0.2) is 12.1 Å². The third-order valence-corrected chi connectivity index (χ3v) is 6.37. The number of hydrogen-bond donors (Lipinski definition) is 1. The molecule has 0 aliphatic heterocycles. The number of pyridine rings is 1. The molecule has 0 radical (unpaired) electrons. The first-order valence-corrected chi connectivity index (χ1v) is 12.8. The predicted octanol–water partition coefficient (Wildman–Crippen LogP) is 4.17. The van der Waals surface area contributed by atoms with E-state index in [-0.39, 0.29) is 0 Å². The van der Waals surface area contributed by atoms with Gasteiger partial charge in [-0.3, -0.25) is 4.79 Å². The summed E-state index contributed by atoms with van der Waals surface area (Å²) in [5.74, 6) is 0.680. The van der Waals surface area contributed by atoms with Crippen LogP contribution in [0, 0.1) is 0 Å². The maximum absolute atomic E-state index is 11.5. The van der Waals surface area contributed by atoms with E-state index in [2.05, 4.69) is 35.0 Å². The molecular formula is C17H25ClN4O2Si. The van der Waals surface area contributed by atoms with E-state index in [4.69, 9.17) is 16.3 Å². The zero-order chi connectivity index (χ0) is 18.0. The molecule has 0 saturated heterocycles. The second kappa shape index (κ2) is 7.43. The van der Waals surface area contributed by atoms with Crippen LogP contribution in [0.3, 0.4) is 0 Å². The van der Waals surface area contributed by atoms with E-state index in [0.717, 1.165) is 25.2 Å².